The van der Waals surface area contributed by atoms with Gasteiger partial charge in [-0.05, 0) is 50.2 Å². The molecule has 180 valence electrons. The van der Waals surface area contributed by atoms with Crippen molar-refractivity contribution in [2.45, 2.75) is 32.1 Å². The van der Waals surface area contributed by atoms with E-state index in [0.717, 1.165) is 12.1 Å². The highest BCUT2D eigenvalue weighted by molar-refractivity contribution is 6.31. The van der Waals surface area contributed by atoms with E-state index in [2.05, 4.69) is 9.88 Å². The lowest BCUT2D eigenvalue weighted by Gasteiger charge is -2.42. The van der Waals surface area contributed by atoms with Gasteiger partial charge in [-0.3, -0.25) is 19.1 Å². The molecule has 10 heteroatoms. The molecular weight excluding hydrogens is 469 g/mol. The maximum atomic E-state index is 13.1. The van der Waals surface area contributed by atoms with Gasteiger partial charge in [0.2, 0.25) is 0 Å². The van der Waals surface area contributed by atoms with Crippen molar-refractivity contribution in [3.05, 3.63) is 74.8 Å². The minimum Gasteiger partial charge on any atom is -0.333 e. The topological polar surface area (TPSA) is 58.4 Å². The highest BCUT2D eigenvalue weighted by Gasteiger charge is 2.34. The van der Waals surface area contributed by atoms with Gasteiger partial charge in [0.05, 0.1) is 22.5 Å². The average molecular weight is 493 g/mol. The number of benzene rings is 2. The van der Waals surface area contributed by atoms with E-state index < -0.39 is 17.6 Å². The molecule has 1 aromatic heterocycles. The quantitative estimate of drug-likeness (QED) is 0.539. The zero-order chi connectivity index (χ0) is 24.8. The number of alkyl halides is 3. The van der Waals surface area contributed by atoms with E-state index >= 15 is 0 Å². The van der Waals surface area contributed by atoms with Crippen LogP contribution in [0.1, 0.15) is 41.6 Å². The average Bonchev–Trinajstić information content (AvgIpc) is 2.80. The SMILES string of the molecule is CC(c1nc2ccc(Cl)cc2c(=O)n1C)N1CCN(C(=O)c2cccc(C(F)(F)F)c2)C(C)C1. The molecule has 0 aliphatic carbocycles. The number of piperazine rings is 1. The summed E-state index contributed by atoms with van der Waals surface area (Å²) >= 11 is 6.03. The lowest BCUT2D eigenvalue weighted by Crippen LogP contribution is -2.54. The van der Waals surface area contributed by atoms with Crippen LogP contribution in [0, 0.1) is 0 Å². The fraction of sp³-hybridized carbons (Fsp3) is 0.375. The van der Waals surface area contributed by atoms with Gasteiger partial charge in [-0.25, -0.2) is 4.98 Å². The van der Waals surface area contributed by atoms with Crippen molar-refractivity contribution in [3.63, 3.8) is 0 Å². The number of halogens is 4. The molecule has 4 rings (SSSR count). The summed E-state index contributed by atoms with van der Waals surface area (Å²) in [7, 11) is 1.67. The van der Waals surface area contributed by atoms with Crippen molar-refractivity contribution < 1.29 is 18.0 Å². The zero-order valence-corrected chi connectivity index (χ0v) is 19.7. The van der Waals surface area contributed by atoms with Crippen molar-refractivity contribution in [2.24, 2.45) is 7.05 Å². The summed E-state index contributed by atoms with van der Waals surface area (Å²) in [5, 5.41) is 0.901. The van der Waals surface area contributed by atoms with E-state index in [1.54, 1.807) is 30.1 Å². The monoisotopic (exact) mass is 492 g/mol. The number of amides is 1. The Balaban J connectivity index is 1.54. The first-order valence-electron chi connectivity index (χ1n) is 10.9. The Hall–Kier alpha value is -2.91. The molecule has 2 unspecified atom stereocenters. The highest BCUT2D eigenvalue weighted by atomic mass is 35.5. The molecule has 3 aromatic rings. The van der Waals surface area contributed by atoms with Gasteiger partial charge in [0, 0.05) is 43.3 Å². The predicted octanol–water partition coefficient (Wildman–Crippen LogP) is 4.51. The van der Waals surface area contributed by atoms with E-state index in [1.807, 2.05) is 13.8 Å². The van der Waals surface area contributed by atoms with Gasteiger partial charge in [0.25, 0.3) is 11.5 Å². The van der Waals surface area contributed by atoms with Crippen molar-refractivity contribution in [2.75, 3.05) is 19.6 Å². The standard InChI is InChI=1S/C24H24ClF3N4O2/c1-14-13-31(9-10-32(14)22(33)16-5-4-6-17(11-16)24(26,27)28)15(2)21-29-20-8-7-18(25)12-19(20)23(34)30(21)3/h4-8,11-12,14-15H,9-10,13H2,1-3H3. The smallest absolute Gasteiger partial charge is 0.333 e. The Morgan fingerprint density at radius 3 is 2.59 bits per heavy atom. The Labute approximate surface area is 199 Å². The minimum atomic E-state index is -4.51. The molecular formula is C24H24ClF3N4O2. The fourth-order valence-corrected chi connectivity index (χ4v) is 4.60. The van der Waals surface area contributed by atoms with Crippen LogP contribution in [0.3, 0.4) is 0 Å². The number of nitrogens with zero attached hydrogens (tertiary/aromatic N) is 4. The Morgan fingerprint density at radius 1 is 1.18 bits per heavy atom. The molecule has 1 amide bonds. The number of carbonyl (C=O) groups is 1. The first kappa shape index (κ1) is 24.2. The van der Waals surface area contributed by atoms with Gasteiger partial charge in [-0.1, -0.05) is 17.7 Å². The van der Waals surface area contributed by atoms with Crippen molar-refractivity contribution >= 4 is 28.4 Å². The Kier molecular flexibility index (Phi) is 6.44. The summed E-state index contributed by atoms with van der Waals surface area (Å²) in [6, 6.07) is 9.04. The Morgan fingerprint density at radius 2 is 1.91 bits per heavy atom. The molecule has 0 N–H and O–H groups in total. The summed E-state index contributed by atoms with van der Waals surface area (Å²) in [6.45, 7) is 5.13. The van der Waals surface area contributed by atoms with Gasteiger partial charge < -0.3 is 4.90 Å². The molecule has 1 fully saturated rings. The molecule has 34 heavy (non-hydrogen) atoms. The summed E-state index contributed by atoms with van der Waals surface area (Å²) < 4.78 is 40.7. The minimum absolute atomic E-state index is 0.0143. The van der Waals surface area contributed by atoms with E-state index in [4.69, 9.17) is 11.6 Å². The molecule has 6 nitrogen and oxygen atoms in total. The number of hydrogen-bond donors (Lipinski definition) is 0. The molecule has 0 radical (unpaired) electrons. The second-order valence-electron chi connectivity index (χ2n) is 8.59. The van der Waals surface area contributed by atoms with Crippen LogP contribution in [0.2, 0.25) is 5.02 Å². The molecule has 1 saturated heterocycles. The van der Waals surface area contributed by atoms with Crippen LogP contribution < -0.4 is 5.56 Å². The van der Waals surface area contributed by atoms with Crippen LogP contribution in [0.5, 0.6) is 0 Å². The molecule has 0 bridgehead atoms. The number of rotatable bonds is 3. The van der Waals surface area contributed by atoms with Gasteiger partial charge in [0.15, 0.2) is 0 Å². The molecule has 2 heterocycles. The summed E-state index contributed by atoms with van der Waals surface area (Å²) in [4.78, 5) is 34.2. The molecule has 2 atom stereocenters. The predicted molar refractivity (Wildman–Crippen MR) is 124 cm³/mol. The molecule has 2 aromatic carbocycles. The van der Waals surface area contributed by atoms with Crippen LogP contribution in [-0.2, 0) is 13.2 Å². The number of hydrogen-bond acceptors (Lipinski definition) is 4. The van der Waals surface area contributed by atoms with Gasteiger partial charge in [-0.2, -0.15) is 13.2 Å². The number of carbonyl (C=O) groups excluding carboxylic acids is 1. The van der Waals surface area contributed by atoms with E-state index in [0.29, 0.717) is 41.4 Å². The van der Waals surface area contributed by atoms with Gasteiger partial charge in [0.1, 0.15) is 5.82 Å². The molecule has 0 saturated carbocycles. The lowest BCUT2D eigenvalue weighted by atomic mass is 10.1. The van der Waals surface area contributed by atoms with Gasteiger partial charge in [-0.15, -0.1) is 0 Å². The van der Waals surface area contributed by atoms with Crippen LogP contribution >= 0.6 is 11.6 Å². The van der Waals surface area contributed by atoms with E-state index in [1.165, 1.54) is 16.7 Å². The van der Waals surface area contributed by atoms with Crippen molar-refractivity contribution in [1.82, 2.24) is 19.4 Å². The largest absolute Gasteiger partial charge is 0.416 e. The third-order valence-electron chi connectivity index (χ3n) is 6.35. The number of aromatic nitrogens is 2. The van der Waals surface area contributed by atoms with Gasteiger partial charge >= 0.3 is 6.18 Å². The zero-order valence-electron chi connectivity index (χ0n) is 18.9. The van der Waals surface area contributed by atoms with Crippen molar-refractivity contribution in [3.8, 4) is 0 Å². The van der Waals surface area contributed by atoms with Crippen LogP contribution in [-0.4, -0.2) is 50.9 Å². The molecule has 1 aliphatic heterocycles. The third-order valence-corrected chi connectivity index (χ3v) is 6.59. The van der Waals surface area contributed by atoms with Crippen molar-refractivity contribution in [1.29, 1.82) is 0 Å². The first-order chi connectivity index (χ1) is 16.0. The first-order valence-corrected chi connectivity index (χ1v) is 11.2. The molecule has 1 aliphatic rings. The third kappa shape index (κ3) is 4.54. The van der Waals surface area contributed by atoms with Crippen LogP contribution in [0.15, 0.2) is 47.3 Å². The Bertz CT molecular complexity index is 1310. The summed E-state index contributed by atoms with van der Waals surface area (Å²) in [5.41, 5.74) is -0.468. The van der Waals surface area contributed by atoms with Crippen LogP contribution in [0.4, 0.5) is 13.2 Å². The maximum Gasteiger partial charge on any atom is 0.416 e. The number of fused-ring (bicyclic) bond motifs is 1. The normalized spacial score (nSPS) is 18.3. The molecule has 0 spiro atoms. The van der Waals surface area contributed by atoms with E-state index in [9.17, 15) is 22.8 Å². The lowest BCUT2D eigenvalue weighted by molar-refractivity contribution is -0.137. The van der Waals surface area contributed by atoms with E-state index in [-0.39, 0.29) is 23.2 Å². The second-order valence-corrected chi connectivity index (χ2v) is 9.03. The highest BCUT2D eigenvalue weighted by Crippen LogP contribution is 2.30. The summed E-state index contributed by atoms with van der Waals surface area (Å²) in [5.74, 6) is 0.156. The van der Waals surface area contributed by atoms with Crippen LogP contribution in [0.25, 0.3) is 10.9 Å². The second kappa shape index (κ2) is 9.03. The summed E-state index contributed by atoms with van der Waals surface area (Å²) in [6.07, 6.45) is -4.51. The fourth-order valence-electron chi connectivity index (χ4n) is 4.43. The maximum absolute atomic E-state index is 13.1.